The first-order valence-corrected chi connectivity index (χ1v) is 11.9. The molecule has 33 heavy (non-hydrogen) atoms. The minimum absolute atomic E-state index is 0.438. The molecule has 0 aliphatic carbocycles. The molecule has 1 atom stereocenters. The Balaban J connectivity index is 1.47. The number of benzene rings is 3. The molecule has 0 saturated heterocycles. The topological polar surface area (TPSA) is 69.2 Å². The summed E-state index contributed by atoms with van der Waals surface area (Å²) >= 11 is 7.48. The lowest BCUT2D eigenvalue weighted by atomic mass is 10.1. The van der Waals surface area contributed by atoms with Gasteiger partial charge in [-0.15, -0.1) is 10.2 Å². The third kappa shape index (κ3) is 4.89. The van der Waals surface area contributed by atoms with Crippen molar-refractivity contribution in [3.8, 4) is 22.9 Å². The lowest BCUT2D eigenvalue weighted by molar-refractivity contribution is 0.224. The Bertz CT molecular complexity index is 1270. The van der Waals surface area contributed by atoms with Crippen LogP contribution in [0, 0.1) is 0 Å². The van der Waals surface area contributed by atoms with Gasteiger partial charge in [0.15, 0.2) is 11.9 Å². The first-order chi connectivity index (χ1) is 16.2. The van der Waals surface area contributed by atoms with Crippen LogP contribution in [0.5, 0.6) is 11.6 Å². The van der Waals surface area contributed by atoms with Crippen LogP contribution < -0.4 is 14.8 Å². The van der Waals surface area contributed by atoms with Crippen LogP contribution in [0.4, 0.5) is 5.69 Å². The second-order valence-corrected chi connectivity index (χ2v) is 8.74. The molecule has 166 valence electrons. The Morgan fingerprint density at radius 3 is 2.73 bits per heavy atom. The van der Waals surface area contributed by atoms with E-state index in [1.165, 1.54) is 11.8 Å². The molecule has 8 heteroatoms. The van der Waals surface area contributed by atoms with Crippen molar-refractivity contribution < 1.29 is 9.47 Å². The Labute approximate surface area is 201 Å². The predicted molar refractivity (Wildman–Crippen MR) is 131 cm³/mol. The van der Waals surface area contributed by atoms with Crippen LogP contribution in [0.15, 0.2) is 78.0 Å². The van der Waals surface area contributed by atoms with Crippen molar-refractivity contribution in [3.63, 3.8) is 0 Å². The SMILES string of the molecule is CCOc1cccc([C@@H]2Nc3ccccc3-c3nnc(SCc4ccc(Cl)cc4)nc3O2)c1. The fourth-order valence-corrected chi connectivity index (χ4v) is 4.38. The van der Waals surface area contributed by atoms with E-state index >= 15 is 0 Å². The average Bonchev–Trinajstić information content (AvgIpc) is 3.01. The number of rotatable bonds is 6. The summed E-state index contributed by atoms with van der Waals surface area (Å²) < 4.78 is 12.0. The maximum absolute atomic E-state index is 6.36. The Morgan fingerprint density at radius 1 is 1.03 bits per heavy atom. The molecule has 1 aliphatic rings. The van der Waals surface area contributed by atoms with Crippen molar-refractivity contribution in [1.29, 1.82) is 0 Å². The van der Waals surface area contributed by atoms with E-state index < -0.39 is 6.23 Å². The molecule has 1 aliphatic heterocycles. The van der Waals surface area contributed by atoms with E-state index in [9.17, 15) is 0 Å². The summed E-state index contributed by atoms with van der Waals surface area (Å²) in [6.45, 7) is 2.56. The van der Waals surface area contributed by atoms with E-state index in [1.54, 1.807) is 0 Å². The fourth-order valence-electron chi connectivity index (χ4n) is 3.52. The average molecular weight is 477 g/mol. The number of para-hydroxylation sites is 1. The van der Waals surface area contributed by atoms with Crippen LogP contribution >= 0.6 is 23.4 Å². The molecule has 0 bridgehead atoms. The van der Waals surface area contributed by atoms with Crippen LogP contribution in [-0.4, -0.2) is 21.8 Å². The van der Waals surface area contributed by atoms with E-state index in [0.717, 1.165) is 28.1 Å². The van der Waals surface area contributed by atoms with Crippen molar-refractivity contribution in [2.45, 2.75) is 24.1 Å². The highest BCUT2D eigenvalue weighted by atomic mass is 35.5. The lowest BCUT2D eigenvalue weighted by Crippen LogP contribution is -2.17. The number of hydrogen-bond donors (Lipinski definition) is 1. The predicted octanol–water partition coefficient (Wildman–Crippen LogP) is 6.39. The monoisotopic (exact) mass is 476 g/mol. The number of halogens is 1. The van der Waals surface area contributed by atoms with E-state index in [1.807, 2.05) is 79.7 Å². The number of anilines is 1. The van der Waals surface area contributed by atoms with Crippen LogP contribution in [-0.2, 0) is 5.75 Å². The van der Waals surface area contributed by atoms with Crippen LogP contribution in [0.3, 0.4) is 0 Å². The van der Waals surface area contributed by atoms with Gasteiger partial charge < -0.3 is 14.8 Å². The van der Waals surface area contributed by atoms with Crippen LogP contribution in [0.25, 0.3) is 11.3 Å². The van der Waals surface area contributed by atoms with Gasteiger partial charge in [-0.3, -0.25) is 0 Å². The second kappa shape index (κ2) is 9.68. The van der Waals surface area contributed by atoms with Gasteiger partial charge in [0.25, 0.3) is 0 Å². The largest absolute Gasteiger partial charge is 0.494 e. The van der Waals surface area contributed by atoms with E-state index in [0.29, 0.717) is 34.1 Å². The number of hydrogen-bond acceptors (Lipinski definition) is 7. The van der Waals surface area contributed by atoms with Gasteiger partial charge in [-0.25, -0.2) is 0 Å². The van der Waals surface area contributed by atoms with Gasteiger partial charge in [0.2, 0.25) is 11.0 Å². The summed E-state index contributed by atoms with van der Waals surface area (Å²) in [6, 6.07) is 23.5. The molecule has 2 heterocycles. The highest BCUT2D eigenvalue weighted by molar-refractivity contribution is 7.98. The van der Waals surface area contributed by atoms with Crippen LogP contribution in [0.2, 0.25) is 5.02 Å². The Kier molecular flexibility index (Phi) is 6.32. The smallest absolute Gasteiger partial charge is 0.247 e. The van der Waals surface area contributed by atoms with Crippen LogP contribution in [0.1, 0.15) is 24.3 Å². The minimum atomic E-state index is -0.460. The molecule has 0 fully saturated rings. The highest BCUT2D eigenvalue weighted by Crippen LogP contribution is 2.40. The summed E-state index contributed by atoms with van der Waals surface area (Å²) in [7, 11) is 0. The third-order valence-corrected chi connectivity index (χ3v) is 6.25. The molecule has 5 rings (SSSR count). The van der Waals surface area contributed by atoms with Crippen molar-refractivity contribution in [2.24, 2.45) is 0 Å². The fraction of sp³-hybridized carbons (Fsp3) is 0.160. The van der Waals surface area contributed by atoms with Gasteiger partial charge in [0.1, 0.15) is 5.75 Å². The molecule has 1 aromatic heterocycles. The molecule has 3 aromatic carbocycles. The lowest BCUT2D eigenvalue weighted by Gasteiger charge is -2.20. The molecule has 0 saturated carbocycles. The molecule has 0 amide bonds. The van der Waals surface area contributed by atoms with Crippen molar-refractivity contribution in [3.05, 3.63) is 88.9 Å². The molecular weight excluding hydrogens is 456 g/mol. The molecule has 0 radical (unpaired) electrons. The van der Waals surface area contributed by atoms with Gasteiger partial charge >= 0.3 is 0 Å². The quantitative estimate of drug-likeness (QED) is 0.323. The first-order valence-electron chi connectivity index (χ1n) is 10.6. The van der Waals surface area contributed by atoms with E-state index in [4.69, 9.17) is 26.1 Å². The summed E-state index contributed by atoms with van der Waals surface area (Å²) in [6.07, 6.45) is -0.460. The number of ether oxygens (including phenoxy) is 2. The molecular formula is C25H21ClN4O2S. The van der Waals surface area contributed by atoms with Crippen molar-refractivity contribution >= 4 is 29.1 Å². The van der Waals surface area contributed by atoms with Gasteiger partial charge in [0, 0.05) is 27.6 Å². The zero-order valence-electron chi connectivity index (χ0n) is 17.9. The minimum Gasteiger partial charge on any atom is -0.494 e. The standard InChI is InChI=1S/C25H21ClN4O2S/c1-2-31-19-7-5-6-17(14-19)23-27-21-9-4-3-8-20(21)22-24(32-23)28-25(30-29-22)33-15-16-10-12-18(26)13-11-16/h3-14,23,27H,2,15H2,1H3/t23-/m1/s1. The van der Waals surface area contributed by atoms with E-state index in [2.05, 4.69) is 15.5 Å². The molecule has 4 aromatic rings. The molecule has 6 nitrogen and oxygen atoms in total. The Morgan fingerprint density at radius 2 is 1.88 bits per heavy atom. The molecule has 1 N–H and O–H groups in total. The van der Waals surface area contributed by atoms with Gasteiger partial charge in [-0.1, -0.05) is 65.8 Å². The third-order valence-electron chi connectivity index (χ3n) is 5.09. The maximum Gasteiger partial charge on any atom is 0.247 e. The van der Waals surface area contributed by atoms with Crippen molar-refractivity contribution in [2.75, 3.05) is 11.9 Å². The molecule has 0 spiro atoms. The van der Waals surface area contributed by atoms with Gasteiger partial charge in [-0.2, -0.15) is 4.98 Å². The summed E-state index contributed by atoms with van der Waals surface area (Å²) in [5.74, 6) is 1.93. The van der Waals surface area contributed by atoms with Gasteiger partial charge in [-0.05, 0) is 42.8 Å². The zero-order valence-corrected chi connectivity index (χ0v) is 19.4. The Hall–Kier alpha value is -3.29. The number of thioether (sulfide) groups is 1. The number of nitrogens with one attached hydrogen (secondary N) is 1. The number of aromatic nitrogens is 3. The summed E-state index contributed by atoms with van der Waals surface area (Å²) in [4.78, 5) is 4.71. The highest BCUT2D eigenvalue weighted by Gasteiger charge is 2.26. The number of nitrogens with zero attached hydrogens (tertiary/aromatic N) is 3. The van der Waals surface area contributed by atoms with E-state index in [-0.39, 0.29) is 0 Å². The van der Waals surface area contributed by atoms with Crippen molar-refractivity contribution in [1.82, 2.24) is 15.2 Å². The van der Waals surface area contributed by atoms with Gasteiger partial charge in [0.05, 0.1) is 6.61 Å². The number of fused-ring (bicyclic) bond motifs is 3. The maximum atomic E-state index is 6.36. The summed E-state index contributed by atoms with van der Waals surface area (Å²) in [5, 5.41) is 13.6. The summed E-state index contributed by atoms with van der Waals surface area (Å²) in [5.41, 5.74) is 4.46. The second-order valence-electron chi connectivity index (χ2n) is 7.36. The first kappa shape index (κ1) is 21.6. The zero-order chi connectivity index (χ0) is 22.6. The normalized spacial score (nSPS) is 14.3. The molecule has 0 unspecified atom stereocenters.